The monoisotopic (exact) mass is 187 g/mol. The van der Waals surface area contributed by atoms with Gasteiger partial charge >= 0.3 is 0 Å². The number of rotatable bonds is 2. The van der Waals surface area contributed by atoms with E-state index in [1.54, 1.807) is 0 Å². The Hall–Kier alpha value is -1.24. The van der Waals surface area contributed by atoms with Gasteiger partial charge in [0.25, 0.3) is 0 Å². The highest BCUT2D eigenvalue weighted by molar-refractivity contribution is 5.84. The number of benzene rings is 1. The molecule has 1 heterocycles. The summed E-state index contributed by atoms with van der Waals surface area (Å²) in [6, 6.07) is 6.70. The van der Waals surface area contributed by atoms with Gasteiger partial charge in [0.2, 0.25) is 0 Å². The van der Waals surface area contributed by atoms with Crippen molar-refractivity contribution in [1.29, 1.82) is 0 Å². The Bertz CT molecular complexity index is 451. The molecule has 0 aliphatic heterocycles. The van der Waals surface area contributed by atoms with Gasteiger partial charge in [0, 0.05) is 24.1 Å². The first-order chi connectivity index (χ1) is 6.72. The van der Waals surface area contributed by atoms with Crippen molar-refractivity contribution in [3.8, 4) is 0 Å². The smallest absolute Gasteiger partial charge is 0.0483 e. The van der Waals surface area contributed by atoms with Crippen LogP contribution in [0, 0.1) is 6.92 Å². The Balaban J connectivity index is 2.65. The van der Waals surface area contributed by atoms with E-state index in [4.69, 9.17) is 0 Å². The van der Waals surface area contributed by atoms with Crippen molar-refractivity contribution in [2.75, 3.05) is 0 Å². The van der Waals surface area contributed by atoms with E-state index in [0.29, 0.717) is 0 Å². The lowest BCUT2D eigenvalue weighted by Gasteiger charge is -1.97. The third-order valence-electron chi connectivity index (χ3n) is 2.75. The summed E-state index contributed by atoms with van der Waals surface area (Å²) in [6.45, 7) is 4.37. The molecule has 0 aliphatic rings. The lowest BCUT2D eigenvalue weighted by atomic mass is 10.1. The standard InChI is InChI=1S/C13H17N/c1-4-5-11-9-14(3)13-8-10(2)6-7-12(11)13/h6-9H,4-5H2,1-3H3. The van der Waals surface area contributed by atoms with Gasteiger partial charge in [-0.05, 0) is 30.5 Å². The largest absolute Gasteiger partial charge is 0.350 e. The molecule has 0 unspecified atom stereocenters. The molecule has 0 saturated heterocycles. The summed E-state index contributed by atoms with van der Waals surface area (Å²) < 4.78 is 2.23. The zero-order chi connectivity index (χ0) is 10.1. The number of hydrogen-bond donors (Lipinski definition) is 0. The minimum atomic E-state index is 1.18. The maximum Gasteiger partial charge on any atom is 0.0483 e. The van der Waals surface area contributed by atoms with E-state index in [0.717, 1.165) is 0 Å². The summed E-state index contributed by atoms with van der Waals surface area (Å²) in [7, 11) is 2.13. The first-order valence-electron chi connectivity index (χ1n) is 5.27. The van der Waals surface area contributed by atoms with Crippen molar-refractivity contribution in [2.45, 2.75) is 26.7 Å². The molecule has 1 aromatic carbocycles. The number of aryl methyl sites for hydroxylation is 3. The zero-order valence-corrected chi connectivity index (χ0v) is 9.17. The predicted octanol–water partition coefficient (Wildman–Crippen LogP) is 3.44. The molecule has 74 valence electrons. The fraction of sp³-hybridized carbons (Fsp3) is 0.385. The molecule has 0 N–H and O–H groups in total. The quantitative estimate of drug-likeness (QED) is 0.678. The van der Waals surface area contributed by atoms with Crippen molar-refractivity contribution in [3.63, 3.8) is 0 Å². The normalized spacial score (nSPS) is 11.1. The van der Waals surface area contributed by atoms with E-state index in [1.807, 2.05) is 0 Å². The van der Waals surface area contributed by atoms with E-state index < -0.39 is 0 Å². The molecule has 2 rings (SSSR count). The Morgan fingerprint density at radius 1 is 1.29 bits per heavy atom. The molecule has 0 amide bonds. The Morgan fingerprint density at radius 3 is 2.79 bits per heavy atom. The van der Waals surface area contributed by atoms with Gasteiger partial charge in [-0.2, -0.15) is 0 Å². The SMILES string of the molecule is CCCc1cn(C)c2cc(C)ccc12. The van der Waals surface area contributed by atoms with Crippen LogP contribution >= 0.6 is 0 Å². The number of hydrogen-bond acceptors (Lipinski definition) is 0. The van der Waals surface area contributed by atoms with Gasteiger partial charge in [0.15, 0.2) is 0 Å². The summed E-state index contributed by atoms with van der Waals surface area (Å²) in [5.74, 6) is 0. The summed E-state index contributed by atoms with van der Waals surface area (Å²) in [5.41, 5.74) is 4.17. The molecule has 0 bridgehead atoms. The second kappa shape index (κ2) is 3.49. The molecule has 0 saturated carbocycles. The first kappa shape index (κ1) is 9.32. The number of fused-ring (bicyclic) bond motifs is 1. The Labute approximate surface area is 85.4 Å². The number of aromatic nitrogens is 1. The molecule has 1 heteroatoms. The lowest BCUT2D eigenvalue weighted by Crippen LogP contribution is -1.83. The second-order valence-corrected chi connectivity index (χ2v) is 4.04. The van der Waals surface area contributed by atoms with E-state index in [9.17, 15) is 0 Å². The highest BCUT2D eigenvalue weighted by atomic mass is 14.9. The fourth-order valence-corrected chi connectivity index (χ4v) is 2.05. The predicted molar refractivity (Wildman–Crippen MR) is 61.7 cm³/mol. The molecule has 1 nitrogen and oxygen atoms in total. The molecule has 0 fully saturated rings. The maximum absolute atomic E-state index is 2.26. The molecular weight excluding hydrogens is 170 g/mol. The summed E-state index contributed by atoms with van der Waals surface area (Å²) >= 11 is 0. The van der Waals surface area contributed by atoms with Crippen LogP contribution in [0.3, 0.4) is 0 Å². The van der Waals surface area contributed by atoms with Gasteiger partial charge in [0.1, 0.15) is 0 Å². The average Bonchev–Trinajstić information content (AvgIpc) is 2.44. The van der Waals surface area contributed by atoms with Crippen LogP contribution in [0.2, 0.25) is 0 Å². The highest BCUT2D eigenvalue weighted by Crippen LogP contribution is 2.22. The highest BCUT2D eigenvalue weighted by Gasteiger charge is 2.04. The molecule has 2 aromatic rings. The Kier molecular flexibility index (Phi) is 2.32. The fourth-order valence-electron chi connectivity index (χ4n) is 2.05. The van der Waals surface area contributed by atoms with Gasteiger partial charge in [-0.3, -0.25) is 0 Å². The molecule has 14 heavy (non-hydrogen) atoms. The van der Waals surface area contributed by atoms with Crippen LogP contribution in [0.4, 0.5) is 0 Å². The summed E-state index contributed by atoms with van der Waals surface area (Å²) in [4.78, 5) is 0. The van der Waals surface area contributed by atoms with Crippen LogP contribution in [0.1, 0.15) is 24.5 Å². The lowest BCUT2D eigenvalue weighted by molar-refractivity contribution is 0.903. The molecule has 0 aliphatic carbocycles. The van der Waals surface area contributed by atoms with Gasteiger partial charge < -0.3 is 4.57 Å². The van der Waals surface area contributed by atoms with E-state index in [1.165, 1.54) is 34.9 Å². The van der Waals surface area contributed by atoms with Crippen molar-refractivity contribution in [3.05, 3.63) is 35.5 Å². The Morgan fingerprint density at radius 2 is 2.07 bits per heavy atom. The molecule has 0 spiro atoms. The summed E-state index contributed by atoms with van der Waals surface area (Å²) in [5, 5.41) is 1.42. The average molecular weight is 187 g/mol. The number of nitrogens with zero attached hydrogens (tertiary/aromatic N) is 1. The van der Waals surface area contributed by atoms with Gasteiger partial charge in [0.05, 0.1) is 0 Å². The van der Waals surface area contributed by atoms with Crippen molar-refractivity contribution < 1.29 is 0 Å². The summed E-state index contributed by atoms with van der Waals surface area (Å²) in [6.07, 6.45) is 4.65. The second-order valence-electron chi connectivity index (χ2n) is 4.04. The van der Waals surface area contributed by atoms with Crippen LogP contribution in [0.15, 0.2) is 24.4 Å². The molecular formula is C13H17N. The van der Waals surface area contributed by atoms with Crippen LogP contribution in [-0.4, -0.2) is 4.57 Å². The third kappa shape index (κ3) is 1.43. The molecule has 0 radical (unpaired) electrons. The van der Waals surface area contributed by atoms with Gasteiger partial charge in [-0.25, -0.2) is 0 Å². The van der Waals surface area contributed by atoms with Crippen LogP contribution in [0.5, 0.6) is 0 Å². The van der Waals surface area contributed by atoms with Gasteiger partial charge in [-0.15, -0.1) is 0 Å². The zero-order valence-electron chi connectivity index (χ0n) is 9.17. The minimum absolute atomic E-state index is 1.18. The van der Waals surface area contributed by atoms with Crippen molar-refractivity contribution >= 4 is 10.9 Å². The van der Waals surface area contributed by atoms with Crippen LogP contribution in [-0.2, 0) is 13.5 Å². The van der Waals surface area contributed by atoms with Crippen molar-refractivity contribution in [2.24, 2.45) is 7.05 Å². The van der Waals surface area contributed by atoms with E-state index in [2.05, 4.69) is 49.9 Å². The van der Waals surface area contributed by atoms with Crippen molar-refractivity contribution in [1.82, 2.24) is 4.57 Å². The molecule has 0 atom stereocenters. The molecule has 1 aromatic heterocycles. The van der Waals surface area contributed by atoms with E-state index in [-0.39, 0.29) is 0 Å². The van der Waals surface area contributed by atoms with Crippen LogP contribution in [0.25, 0.3) is 10.9 Å². The first-order valence-corrected chi connectivity index (χ1v) is 5.27. The van der Waals surface area contributed by atoms with Gasteiger partial charge in [-0.1, -0.05) is 25.5 Å². The third-order valence-corrected chi connectivity index (χ3v) is 2.75. The topological polar surface area (TPSA) is 4.93 Å². The van der Waals surface area contributed by atoms with E-state index >= 15 is 0 Å². The maximum atomic E-state index is 2.26. The van der Waals surface area contributed by atoms with Crippen LogP contribution < -0.4 is 0 Å². The minimum Gasteiger partial charge on any atom is -0.350 e.